The second-order valence-corrected chi connectivity index (χ2v) is 6.20. The fourth-order valence-electron chi connectivity index (χ4n) is 2.51. The summed E-state index contributed by atoms with van der Waals surface area (Å²) in [6.45, 7) is 2.86. The number of nitrogens with zero attached hydrogens (tertiary/aromatic N) is 2. The van der Waals surface area contributed by atoms with Gasteiger partial charge in [0.1, 0.15) is 0 Å². The van der Waals surface area contributed by atoms with Crippen LogP contribution in [-0.2, 0) is 0 Å². The Hall–Kier alpha value is -1.04. The number of nitrogens with one attached hydrogen (secondary N) is 2. The Bertz CT molecular complexity index is 430. The number of halogens is 1. The van der Waals surface area contributed by atoms with E-state index in [4.69, 9.17) is 0 Å². The SMILES string of the molecule is CCCNc1ncc(F)c(NC2CCCCC2SC)n1. The molecule has 0 aromatic carbocycles. The number of thioether (sulfide) groups is 1. The number of hydrogen-bond donors (Lipinski definition) is 2. The minimum absolute atomic E-state index is 0.294. The molecule has 1 aliphatic rings. The highest BCUT2D eigenvalue weighted by molar-refractivity contribution is 7.99. The first-order chi connectivity index (χ1) is 9.74. The molecular formula is C14H23FN4S. The van der Waals surface area contributed by atoms with Crippen molar-refractivity contribution in [1.82, 2.24) is 9.97 Å². The summed E-state index contributed by atoms with van der Waals surface area (Å²) in [7, 11) is 0. The maximum atomic E-state index is 13.9. The first-order valence-corrected chi connectivity index (χ1v) is 8.59. The van der Waals surface area contributed by atoms with Crippen LogP contribution >= 0.6 is 11.8 Å². The predicted molar refractivity (Wildman–Crippen MR) is 84.0 cm³/mol. The number of hydrogen-bond acceptors (Lipinski definition) is 5. The smallest absolute Gasteiger partial charge is 0.224 e. The number of aromatic nitrogens is 2. The monoisotopic (exact) mass is 298 g/mol. The summed E-state index contributed by atoms with van der Waals surface area (Å²) < 4.78 is 13.9. The third kappa shape index (κ3) is 3.98. The topological polar surface area (TPSA) is 49.8 Å². The van der Waals surface area contributed by atoms with Gasteiger partial charge in [0.05, 0.1) is 6.20 Å². The zero-order valence-corrected chi connectivity index (χ0v) is 13.0. The molecule has 0 aliphatic heterocycles. The van der Waals surface area contributed by atoms with Crippen LogP contribution in [0.5, 0.6) is 0 Å². The fraction of sp³-hybridized carbons (Fsp3) is 0.714. The molecule has 6 heteroatoms. The van der Waals surface area contributed by atoms with E-state index in [2.05, 4.69) is 33.8 Å². The van der Waals surface area contributed by atoms with Gasteiger partial charge in [-0.25, -0.2) is 9.37 Å². The predicted octanol–water partition coefficient (Wildman–Crippen LogP) is 3.52. The highest BCUT2D eigenvalue weighted by atomic mass is 32.2. The zero-order valence-electron chi connectivity index (χ0n) is 12.2. The van der Waals surface area contributed by atoms with Gasteiger partial charge in [0.15, 0.2) is 11.6 Å². The molecule has 1 fully saturated rings. The summed E-state index contributed by atoms with van der Waals surface area (Å²) in [5, 5.41) is 6.90. The highest BCUT2D eigenvalue weighted by Gasteiger charge is 2.25. The number of rotatable bonds is 6. The van der Waals surface area contributed by atoms with Crippen LogP contribution in [0.25, 0.3) is 0 Å². The van der Waals surface area contributed by atoms with E-state index in [1.165, 1.54) is 25.5 Å². The van der Waals surface area contributed by atoms with Crippen molar-refractivity contribution in [3.05, 3.63) is 12.0 Å². The molecule has 1 aromatic heterocycles. The average molecular weight is 298 g/mol. The molecule has 20 heavy (non-hydrogen) atoms. The third-order valence-corrected chi connectivity index (χ3v) is 4.77. The Morgan fingerprint density at radius 2 is 2.20 bits per heavy atom. The van der Waals surface area contributed by atoms with Crippen LogP contribution in [0.4, 0.5) is 16.2 Å². The Morgan fingerprint density at radius 1 is 1.40 bits per heavy atom. The van der Waals surface area contributed by atoms with Gasteiger partial charge in [-0.15, -0.1) is 0 Å². The van der Waals surface area contributed by atoms with Crippen molar-refractivity contribution >= 4 is 23.5 Å². The summed E-state index contributed by atoms with van der Waals surface area (Å²) in [6.07, 6.45) is 9.07. The molecule has 1 aliphatic carbocycles. The third-order valence-electron chi connectivity index (χ3n) is 3.60. The summed E-state index contributed by atoms with van der Waals surface area (Å²) in [5.41, 5.74) is 0. The van der Waals surface area contributed by atoms with Gasteiger partial charge in [-0.3, -0.25) is 0 Å². The van der Waals surface area contributed by atoms with Crippen molar-refractivity contribution in [3.63, 3.8) is 0 Å². The molecule has 0 spiro atoms. The molecule has 0 radical (unpaired) electrons. The van der Waals surface area contributed by atoms with E-state index in [9.17, 15) is 4.39 Å². The van der Waals surface area contributed by atoms with Gasteiger partial charge in [0.25, 0.3) is 0 Å². The van der Waals surface area contributed by atoms with Crippen LogP contribution in [0, 0.1) is 5.82 Å². The molecule has 1 saturated carbocycles. The van der Waals surface area contributed by atoms with Crippen LogP contribution in [0.1, 0.15) is 39.0 Å². The molecule has 0 bridgehead atoms. The Morgan fingerprint density at radius 3 is 2.95 bits per heavy atom. The minimum Gasteiger partial charge on any atom is -0.364 e. The Labute approximate surface area is 124 Å². The lowest BCUT2D eigenvalue weighted by Gasteiger charge is -2.31. The van der Waals surface area contributed by atoms with E-state index in [0.717, 1.165) is 19.4 Å². The Kier molecular flexibility index (Phi) is 5.88. The maximum absolute atomic E-state index is 13.9. The second kappa shape index (κ2) is 7.67. The largest absolute Gasteiger partial charge is 0.364 e. The lowest BCUT2D eigenvalue weighted by molar-refractivity contribution is 0.471. The minimum atomic E-state index is -0.377. The average Bonchev–Trinajstić information content (AvgIpc) is 2.48. The normalized spacial score (nSPS) is 22.6. The molecule has 0 saturated heterocycles. The van der Waals surface area contributed by atoms with E-state index in [-0.39, 0.29) is 5.82 Å². The van der Waals surface area contributed by atoms with Crippen molar-refractivity contribution in [2.75, 3.05) is 23.4 Å². The van der Waals surface area contributed by atoms with Gasteiger partial charge in [-0.2, -0.15) is 16.7 Å². The summed E-state index contributed by atoms with van der Waals surface area (Å²) >= 11 is 1.85. The molecule has 2 N–H and O–H groups in total. The van der Waals surface area contributed by atoms with E-state index >= 15 is 0 Å². The van der Waals surface area contributed by atoms with Gasteiger partial charge in [0.2, 0.25) is 5.95 Å². The first kappa shape index (κ1) is 15.4. The summed E-state index contributed by atoms with van der Waals surface area (Å²) in [5.74, 6) is 0.439. The Balaban J connectivity index is 2.06. The van der Waals surface area contributed by atoms with Crippen LogP contribution in [0.2, 0.25) is 0 Å². The van der Waals surface area contributed by atoms with Crippen molar-refractivity contribution in [3.8, 4) is 0 Å². The van der Waals surface area contributed by atoms with Gasteiger partial charge >= 0.3 is 0 Å². The molecular weight excluding hydrogens is 275 g/mol. The molecule has 4 nitrogen and oxygen atoms in total. The van der Waals surface area contributed by atoms with Gasteiger partial charge in [-0.1, -0.05) is 19.8 Å². The molecule has 1 aromatic rings. The first-order valence-electron chi connectivity index (χ1n) is 7.30. The lowest BCUT2D eigenvalue weighted by atomic mass is 9.95. The van der Waals surface area contributed by atoms with E-state index in [1.54, 1.807) is 0 Å². The number of anilines is 2. The standard InChI is InChI=1S/C14H23FN4S/c1-3-8-16-14-17-9-10(15)13(19-14)18-11-6-4-5-7-12(11)20-2/h9,11-12H,3-8H2,1-2H3,(H2,16,17,18,19). The van der Waals surface area contributed by atoms with Crippen LogP contribution < -0.4 is 10.6 Å². The van der Waals surface area contributed by atoms with Crippen LogP contribution in [-0.4, -0.2) is 34.1 Å². The highest BCUT2D eigenvalue weighted by Crippen LogP contribution is 2.29. The van der Waals surface area contributed by atoms with Gasteiger partial charge < -0.3 is 10.6 Å². The maximum Gasteiger partial charge on any atom is 0.224 e. The molecule has 0 amide bonds. The molecule has 2 atom stereocenters. The fourth-order valence-corrected chi connectivity index (χ4v) is 3.45. The molecule has 112 valence electrons. The van der Waals surface area contributed by atoms with Crippen molar-refractivity contribution in [2.24, 2.45) is 0 Å². The van der Waals surface area contributed by atoms with Crippen LogP contribution in [0.15, 0.2) is 6.20 Å². The van der Waals surface area contributed by atoms with Gasteiger partial charge in [0, 0.05) is 17.8 Å². The van der Waals surface area contributed by atoms with E-state index in [1.807, 2.05) is 11.8 Å². The molecule has 1 heterocycles. The van der Waals surface area contributed by atoms with Crippen molar-refractivity contribution < 1.29 is 4.39 Å². The lowest BCUT2D eigenvalue weighted by Crippen LogP contribution is -2.35. The van der Waals surface area contributed by atoms with Crippen molar-refractivity contribution in [1.29, 1.82) is 0 Å². The zero-order chi connectivity index (χ0) is 14.4. The van der Waals surface area contributed by atoms with Crippen molar-refractivity contribution in [2.45, 2.75) is 50.3 Å². The van der Waals surface area contributed by atoms with E-state index < -0.39 is 0 Å². The summed E-state index contributed by atoms with van der Waals surface area (Å²) in [4.78, 5) is 8.22. The summed E-state index contributed by atoms with van der Waals surface area (Å²) in [6, 6.07) is 0.294. The van der Waals surface area contributed by atoms with Crippen LogP contribution in [0.3, 0.4) is 0 Å². The quantitative estimate of drug-likeness (QED) is 0.841. The van der Waals surface area contributed by atoms with E-state index in [0.29, 0.717) is 23.1 Å². The van der Waals surface area contributed by atoms with Gasteiger partial charge in [-0.05, 0) is 25.5 Å². The second-order valence-electron chi connectivity index (χ2n) is 5.13. The molecule has 2 rings (SSSR count). The molecule has 2 unspecified atom stereocenters.